The molecule has 11 heteroatoms. The van der Waals surface area contributed by atoms with Gasteiger partial charge >= 0.3 is 6.03 Å². The average Bonchev–Trinajstić information content (AvgIpc) is 2.99. The van der Waals surface area contributed by atoms with Crippen LogP contribution in [0, 0.1) is 0 Å². The Labute approximate surface area is 158 Å². The minimum absolute atomic E-state index is 0.0236. The largest absolute Gasteiger partial charge is 0.373 e. The van der Waals surface area contributed by atoms with Gasteiger partial charge in [-0.1, -0.05) is 24.7 Å². The van der Waals surface area contributed by atoms with Gasteiger partial charge < -0.3 is 10.1 Å². The van der Waals surface area contributed by atoms with Crippen molar-refractivity contribution < 1.29 is 17.9 Å². The number of aromatic nitrogens is 2. The van der Waals surface area contributed by atoms with Gasteiger partial charge in [0.05, 0.1) is 18.0 Å². The molecule has 1 aromatic heterocycles. The molecular weight excluding hydrogens is 378 g/mol. The standard InChI is InChI=1S/C15H27N5O4S2/c1-4-5-6-13-18-19-15(25-13)17-14(21)16-7-8-26(22,23)20-9-11(2)24-12(3)10-20/h11-12H,4-10H2,1-3H3,(H2,16,17,19,21). The zero-order chi connectivity index (χ0) is 19.2. The fraction of sp³-hybridized carbons (Fsp3) is 0.800. The van der Waals surface area contributed by atoms with Crippen LogP contribution in [0.4, 0.5) is 9.93 Å². The molecule has 9 nitrogen and oxygen atoms in total. The molecule has 0 saturated carbocycles. The summed E-state index contributed by atoms with van der Waals surface area (Å²) < 4.78 is 31.8. The first-order valence-electron chi connectivity index (χ1n) is 8.80. The molecule has 1 fully saturated rings. The third-order valence-corrected chi connectivity index (χ3v) is 6.56. The van der Waals surface area contributed by atoms with E-state index in [1.165, 1.54) is 15.6 Å². The summed E-state index contributed by atoms with van der Waals surface area (Å²) in [6.45, 7) is 6.49. The Balaban J connectivity index is 1.76. The molecule has 0 spiro atoms. The molecule has 1 aliphatic rings. The maximum atomic E-state index is 12.4. The third kappa shape index (κ3) is 6.45. The van der Waals surface area contributed by atoms with Crippen LogP contribution in [0.15, 0.2) is 0 Å². The lowest BCUT2D eigenvalue weighted by atomic mass is 10.3. The maximum absolute atomic E-state index is 12.4. The topological polar surface area (TPSA) is 114 Å². The van der Waals surface area contributed by atoms with Crippen LogP contribution in [-0.4, -0.2) is 66.5 Å². The summed E-state index contributed by atoms with van der Waals surface area (Å²) in [6, 6.07) is -0.484. The van der Waals surface area contributed by atoms with E-state index in [-0.39, 0.29) is 24.5 Å². The predicted octanol–water partition coefficient (Wildman–Crippen LogP) is 1.44. The summed E-state index contributed by atoms with van der Waals surface area (Å²) in [4.78, 5) is 11.9. The number of sulfonamides is 1. The van der Waals surface area contributed by atoms with Crippen molar-refractivity contribution in [3.05, 3.63) is 5.01 Å². The predicted molar refractivity (Wildman–Crippen MR) is 101 cm³/mol. The smallest absolute Gasteiger partial charge is 0.321 e. The number of aryl methyl sites for hydroxylation is 1. The van der Waals surface area contributed by atoms with E-state index in [4.69, 9.17) is 4.74 Å². The van der Waals surface area contributed by atoms with Gasteiger partial charge in [0, 0.05) is 26.1 Å². The van der Waals surface area contributed by atoms with Crippen molar-refractivity contribution in [1.29, 1.82) is 0 Å². The van der Waals surface area contributed by atoms with Gasteiger partial charge in [-0.25, -0.2) is 13.2 Å². The first kappa shape index (κ1) is 21.0. The average molecular weight is 406 g/mol. The Hall–Kier alpha value is -1.30. The van der Waals surface area contributed by atoms with Crippen molar-refractivity contribution in [1.82, 2.24) is 19.8 Å². The molecular formula is C15H27N5O4S2. The Morgan fingerprint density at radius 2 is 2.00 bits per heavy atom. The van der Waals surface area contributed by atoms with Crippen LogP contribution < -0.4 is 10.6 Å². The quantitative estimate of drug-likeness (QED) is 0.677. The molecule has 1 aliphatic heterocycles. The lowest BCUT2D eigenvalue weighted by molar-refractivity contribution is -0.0440. The van der Waals surface area contributed by atoms with E-state index >= 15 is 0 Å². The molecule has 0 bridgehead atoms. The Morgan fingerprint density at radius 3 is 2.65 bits per heavy atom. The highest BCUT2D eigenvalue weighted by atomic mass is 32.2. The highest BCUT2D eigenvalue weighted by molar-refractivity contribution is 7.89. The maximum Gasteiger partial charge on any atom is 0.321 e. The number of unbranched alkanes of at least 4 members (excludes halogenated alkanes) is 1. The molecule has 0 aromatic carbocycles. The monoisotopic (exact) mass is 405 g/mol. The number of rotatable bonds is 8. The van der Waals surface area contributed by atoms with Crippen molar-refractivity contribution >= 4 is 32.5 Å². The zero-order valence-electron chi connectivity index (χ0n) is 15.4. The Bertz CT molecular complexity index is 684. The van der Waals surface area contributed by atoms with E-state index in [0.717, 1.165) is 24.3 Å². The second-order valence-corrected chi connectivity index (χ2v) is 9.53. The van der Waals surface area contributed by atoms with Gasteiger partial charge in [0.1, 0.15) is 5.01 Å². The molecule has 1 aromatic rings. The first-order chi connectivity index (χ1) is 12.3. The summed E-state index contributed by atoms with van der Waals surface area (Å²) in [7, 11) is -3.44. The number of carbonyl (C=O) groups excluding carboxylic acids is 1. The molecule has 2 unspecified atom stereocenters. The van der Waals surface area contributed by atoms with Gasteiger partial charge in [-0.05, 0) is 20.3 Å². The molecule has 26 heavy (non-hydrogen) atoms. The Kier molecular flexibility index (Phi) is 7.74. The van der Waals surface area contributed by atoms with Crippen LogP contribution in [0.3, 0.4) is 0 Å². The van der Waals surface area contributed by atoms with Gasteiger partial charge in [-0.15, -0.1) is 10.2 Å². The van der Waals surface area contributed by atoms with Gasteiger partial charge in [0.25, 0.3) is 0 Å². The summed E-state index contributed by atoms with van der Waals surface area (Å²) in [6.07, 6.45) is 2.66. The zero-order valence-corrected chi connectivity index (χ0v) is 17.0. The van der Waals surface area contributed by atoms with E-state index in [9.17, 15) is 13.2 Å². The second kappa shape index (κ2) is 9.58. The highest BCUT2D eigenvalue weighted by Gasteiger charge is 2.30. The molecule has 0 aliphatic carbocycles. The molecule has 2 atom stereocenters. The second-order valence-electron chi connectivity index (χ2n) is 6.38. The normalized spacial score (nSPS) is 21.5. The van der Waals surface area contributed by atoms with E-state index in [2.05, 4.69) is 27.8 Å². The molecule has 2 amide bonds. The van der Waals surface area contributed by atoms with Crippen molar-refractivity contribution in [2.75, 3.05) is 30.7 Å². The van der Waals surface area contributed by atoms with Gasteiger partial charge in [-0.3, -0.25) is 5.32 Å². The number of anilines is 1. The minimum atomic E-state index is -3.44. The van der Waals surface area contributed by atoms with E-state index < -0.39 is 16.1 Å². The molecule has 1 saturated heterocycles. The summed E-state index contributed by atoms with van der Waals surface area (Å²) >= 11 is 1.33. The number of nitrogens with zero attached hydrogens (tertiary/aromatic N) is 3. The first-order valence-corrected chi connectivity index (χ1v) is 11.2. The van der Waals surface area contributed by atoms with Crippen molar-refractivity contribution in [2.24, 2.45) is 0 Å². The Morgan fingerprint density at radius 1 is 1.31 bits per heavy atom. The van der Waals surface area contributed by atoms with Crippen molar-refractivity contribution in [3.8, 4) is 0 Å². The molecule has 2 heterocycles. The van der Waals surface area contributed by atoms with Gasteiger partial charge in [-0.2, -0.15) is 4.31 Å². The minimum Gasteiger partial charge on any atom is -0.373 e. The van der Waals surface area contributed by atoms with Crippen LogP contribution in [0.5, 0.6) is 0 Å². The van der Waals surface area contributed by atoms with Crippen LogP contribution in [0.25, 0.3) is 0 Å². The van der Waals surface area contributed by atoms with Gasteiger partial charge in [0.15, 0.2) is 0 Å². The van der Waals surface area contributed by atoms with Crippen molar-refractivity contribution in [2.45, 2.75) is 52.2 Å². The number of hydrogen-bond acceptors (Lipinski definition) is 7. The van der Waals surface area contributed by atoms with Crippen LogP contribution in [0.2, 0.25) is 0 Å². The van der Waals surface area contributed by atoms with E-state index in [1.807, 2.05) is 13.8 Å². The lowest BCUT2D eigenvalue weighted by Gasteiger charge is -2.34. The fourth-order valence-corrected chi connectivity index (χ4v) is 4.92. The summed E-state index contributed by atoms with van der Waals surface area (Å²) in [5, 5.41) is 14.3. The number of amides is 2. The molecule has 2 N–H and O–H groups in total. The number of carbonyl (C=O) groups is 1. The summed E-state index contributed by atoms with van der Waals surface area (Å²) in [5.74, 6) is -0.155. The highest BCUT2D eigenvalue weighted by Crippen LogP contribution is 2.17. The van der Waals surface area contributed by atoms with Crippen LogP contribution >= 0.6 is 11.3 Å². The van der Waals surface area contributed by atoms with Crippen LogP contribution in [-0.2, 0) is 21.2 Å². The van der Waals surface area contributed by atoms with E-state index in [0.29, 0.717) is 18.2 Å². The molecule has 2 rings (SSSR count). The number of urea groups is 1. The fourth-order valence-electron chi connectivity index (χ4n) is 2.65. The lowest BCUT2D eigenvalue weighted by Crippen LogP contribution is -2.49. The third-order valence-electron chi connectivity index (χ3n) is 3.86. The molecule has 148 valence electrons. The van der Waals surface area contributed by atoms with Gasteiger partial charge in [0.2, 0.25) is 15.2 Å². The number of nitrogens with one attached hydrogen (secondary N) is 2. The van der Waals surface area contributed by atoms with Crippen LogP contribution in [0.1, 0.15) is 38.6 Å². The number of morpholine rings is 1. The SMILES string of the molecule is CCCCc1nnc(NC(=O)NCCS(=O)(=O)N2CC(C)OC(C)C2)s1. The van der Waals surface area contributed by atoms with E-state index in [1.54, 1.807) is 0 Å². The summed E-state index contributed by atoms with van der Waals surface area (Å²) in [5.41, 5.74) is 0. The number of hydrogen-bond donors (Lipinski definition) is 2. The number of ether oxygens (including phenoxy) is 1. The van der Waals surface area contributed by atoms with Crippen molar-refractivity contribution in [3.63, 3.8) is 0 Å². The molecule has 0 radical (unpaired) electrons.